The molecule has 0 bridgehead atoms. The van der Waals surface area contributed by atoms with Gasteiger partial charge < -0.3 is 15.8 Å². The number of rotatable bonds is 8. The fourth-order valence-electron chi connectivity index (χ4n) is 0.835. The van der Waals surface area contributed by atoms with E-state index in [1.807, 2.05) is 6.92 Å². The molecule has 84 valence electrons. The van der Waals surface area contributed by atoms with Crippen molar-refractivity contribution in [2.24, 2.45) is 5.73 Å². The topological polar surface area (TPSA) is 64.3 Å². The van der Waals surface area contributed by atoms with Gasteiger partial charge in [0.25, 0.3) is 6.43 Å². The second kappa shape index (κ2) is 7.64. The first-order valence-electron chi connectivity index (χ1n) is 4.46. The lowest BCUT2D eigenvalue weighted by atomic mass is 10.3. The van der Waals surface area contributed by atoms with Crippen LogP contribution in [0.25, 0.3) is 0 Å². The molecule has 3 N–H and O–H groups in total. The molecule has 0 fully saturated rings. The highest BCUT2D eigenvalue weighted by molar-refractivity contribution is 5.79. The molecule has 0 rings (SSSR count). The third-order valence-electron chi connectivity index (χ3n) is 1.51. The van der Waals surface area contributed by atoms with Crippen molar-refractivity contribution < 1.29 is 18.3 Å². The molecule has 0 aliphatic rings. The minimum Gasteiger partial charge on any atom is -0.373 e. The van der Waals surface area contributed by atoms with Crippen molar-refractivity contribution in [1.82, 2.24) is 5.32 Å². The molecule has 0 spiro atoms. The molecule has 4 nitrogen and oxygen atoms in total. The molecule has 0 saturated carbocycles. The summed E-state index contributed by atoms with van der Waals surface area (Å²) >= 11 is 0. The van der Waals surface area contributed by atoms with Gasteiger partial charge in [-0.05, 0) is 13.0 Å². The van der Waals surface area contributed by atoms with E-state index in [1.54, 1.807) is 0 Å². The summed E-state index contributed by atoms with van der Waals surface area (Å²) in [5.74, 6) is -0.590. The second-order valence-electron chi connectivity index (χ2n) is 2.84. The van der Waals surface area contributed by atoms with E-state index in [1.165, 1.54) is 0 Å². The number of carbonyl (C=O) groups is 1. The molecular formula is C8H16F2N2O2. The molecule has 0 heterocycles. The summed E-state index contributed by atoms with van der Waals surface area (Å²) < 4.78 is 28.0. The van der Waals surface area contributed by atoms with Gasteiger partial charge in [-0.2, -0.15) is 0 Å². The van der Waals surface area contributed by atoms with Gasteiger partial charge in [0.2, 0.25) is 5.91 Å². The van der Waals surface area contributed by atoms with Crippen molar-refractivity contribution in [3.63, 3.8) is 0 Å². The Morgan fingerprint density at radius 3 is 2.57 bits per heavy atom. The first-order valence-corrected chi connectivity index (χ1v) is 4.46. The molecule has 0 aliphatic heterocycles. The van der Waals surface area contributed by atoms with Crippen molar-refractivity contribution >= 4 is 5.91 Å². The van der Waals surface area contributed by atoms with Gasteiger partial charge in [-0.3, -0.25) is 4.79 Å². The smallest absolute Gasteiger partial charge is 0.261 e. The second-order valence-corrected chi connectivity index (χ2v) is 2.84. The standard InChI is InChI=1S/C8H16F2N2O2/c1-2-3-12-6(8(11)13)4-14-5-7(9)10/h6-7,12H,2-5H2,1H3,(H2,11,13). The molecule has 0 aromatic rings. The zero-order chi connectivity index (χ0) is 11.0. The van der Waals surface area contributed by atoms with Gasteiger partial charge in [0, 0.05) is 0 Å². The Hall–Kier alpha value is -0.750. The third-order valence-corrected chi connectivity index (χ3v) is 1.51. The first kappa shape index (κ1) is 13.2. The molecule has 6 heteroatoms. The summed E-state index contributed by atoms with van der Waals surface area (Å²) in [6, 6.07) is -0.686. The Labute approximate surface area is 81.8 Å². The summed E-state index contributed by atoms with van der Waals surface area (Å²) in [5.41, 5.74) is 5.03. The summed E-state index contributed by atoms with van der Waals surface area (Å²) in [6.07, 6.45) is -1.69. The van der Waals surface area contributed by atoms with E-state index >= 15 is 0 Å². The van der Waals surface area contributed by atoms with Crippen molar-refractivity contribution in [2.45, 2.75) is 25.8 Å². The number of nitrogens with two attached hydrogens (primary N) is 1. The zero-order valence-electron chi connectivity index (χ0n) is 8.13. The Morgan fingerprint density at radius 2 is 2.14 bits per heavy atom. The maximum atomic E-state index is 11.7. The zero-order valence-corrected chi connectivity index (χ0v) is 8.13. The lowest BCUT2D eigenvalue weighted by Gasteiger charge is -2.14. The maximum Gasteiger partial charge on any atom is 0.261 e. The van der Waals surface area contributed by atoms with Crippen molar-refractivity contribution in [3.05, 3.63) is 0 Å². The number of primary amides is 1. The van der Waals surface area contributed by atoms with Gasteiger partial charge in [0.05, 0.1) is 6.61 Å². The molecule has 0 saturated heterocycles. The van der Waals surface area contributed by atoms with Crippen LogP contribution in [0.2, 0.25) is 0 Å². The van der Waals surface area contributed by atoms with E-state index in [9.17, 15) is 13.6 Å². The summed E-state index contributed by atoms with van der Waals surface area (Å²) in [4.78, 5) is 10.8. The Kier molecular flexibility index (Phi) is 7.23. The molecule has 1 amide bonds. The van der Waals surface area contributed by atoms with E-state index in [4.69, 9.17) is 5.73 Å². The van der Waals surface area contributed by atoms with Crippen LogP contribution in [0.1, 0.15) is 13.3 Å². The Balaban J connectivity index is 3.68. The normalized spacial score (nSPS) is 13.1. The fraction of sp³-hybridized carbons (Fsp3) is 0.875. The molecule has 0 aliphatic carbocycles. The van der Waals surface area contributed by atoms with Gasteiger partial charge in [0.1, 0.15) is 12.6 Å². The minimum atomic E-state index is -2.52. The fourth-order valence-corrected chi connectivity index (χ4v) is 0.835. The van der Waals surface area contributed by atoms with Crippen molar-refractivity contribution in [2.75, 3.05) is 19.8 Å². The van der Waals surface area contributed by atoms with Gasteiger partial charge in [0.15, 0.2) is 0 Å². The van der Waals surface area contributed by atoms with Crippen LogP contribution in [0.5, 0.6) is 0 Å². The maximum absolute atomic E-state index is 11.7. The average Bonchev–Trinajstić information content (AvgIpc) is 2.09. The average molecular weight is 210 g/mol. The van der Waals surface area contributed by atoms with Crippen LogP contribution in [0, 0.1) is 0 Å². The Bertz CT molecular complexity index is 167. The van der Waals surface area contributed by atoms with Crippen LogP contribution in [-0.4, -0.2) is 38.1 Å². The van der Waals surface area contributed by atoms with Crippen LogP contribution in [0.15, 0.2) is 0 Å². The summed E-state index contributed by atoms with van der Waals surface area (Å²) in [6.45, 7) is 1.74. The summed E-state index contributed by atoms with van der Waals surface area (Å²) in [7, 11) is 0. The number of nitrogens with one attached hydrogen (secondary N) is 1. The van der Waals surface area contributed by atoms with E-state index in [-0.39, 0.29) is 6.61 Å². The number of halogens is 2. The number of hydrogen-bond donors (Lipinski definition) is 2. The number of amides is 1. The van der Waals surface area contributed by atoms with E-state index in [0.29, 0.717) is 6.54 Å². The minimum absolute atomic E-state index is 0.111. The highest BCUT2D eigenvalue weighted by atomic mass is 19.3. The lowest BCUT2D eigenvalue weighted by Crippen LogP contribution is -2.45. The van der Waals surface area contributed by atoms with Gasteiger partial charge in [-0.1, -0.05) is 6.92 Å². The quantitative estimate of drug-likeness (QED) is 0.598. The monoisotopic (exact) mass is 210 g/mol. The van der Waals surface area contributed by atoms with Crippen molar-refractivity contribution in [3.8, 4) is 0 Å². The van der Waals surface area contributed by atoms with Gasteiger partial charge >= 0.3 is 0 Å². The van der Waals surface area contributed by atoms with Crippen LogP contribution in [0.3, 0.4) is 0 Å². The van der Waals surface area contributed by atoms with Crippen LogP contribution >= 0.6 is 0 Å². The summed E-state index contributed by atoms with van der Waals surface area (Å²) in [5, 5.41) is 2.80. The number of alkyl halides is 2. The van der Waals surface area contributed by atoms with Gasteiger partial charge in [-0.25, -0.2) is 8.78 Å². The van der Waals surface area contributed by atoms with Gasteiger partial charge in [-0.15, -0.1) is 0 Å². The highest BCUT2D eigenvalue weighted by Crippen LogP contribution is 1.94. The molecule has 0 aromatic carbocycles. The number of hydrogen-bond acceptors (Lipinski definition) is 3. The predicted octanol–water partition coefficient (Wildman–Crippen LogP) is 0.122. The van der Waals surface area contributed by atoms with E-state index in [2.05, 4.69) is 10.1 Å². The molecule has 0 radical (unpaired) electrons. The van der Waals surface area contributed by atoms with Crippen LogP contribution in [0.4, 0.5) is 8.78 Å². The van der Waals surface area contributed by atoms with Crippen LogP contribution in [-0.2, 0) is 9.53 Å². The molecule has 1 unspecified atom stereocenters. The molecule has 14 heavy (non-hydrogen) atoms. The first-order chi connectivity index (χ1) is 6.57. The largest absolute Gasteiger partial charge is 0.373 e. The van der Waals surface area contributed by atoms with Crippen LogP contribution < -0.4 is 11.1 Å². The molecule has 1 atom stereocenters. The number of carbonyl (C=O) groups excluding carboxylic acids is 1. The lowest BCUT2D eigenvalue weighted by molar-refractivity contribution is -0.122. The SMILES string of the molecule is CCCNC(COCC(F)F)C(N)=O. The van der Waals surface area contributed by atoms with E-state index in [0.717, 1.165) is 6.42 Å². The number of ether oxygens (including phenoxy) is 1. The Morgan fingerprint density at radius 1 is 1.50 bits per heavy atom. The van der Waals surface area contributed by atoms with E-state index < -0.39 is 25.0 Å². The van der Waals surface area contributed by atoms with Crippen molar-refractivity contribution in [1.29, 1.82) is 0 Å². The highest BCUT2D eigenvalue weighted by Gasteiger charge is 2.15. The predicted molar refractivity (Wildman–Crippen MR) is 48.1 cm³/mol. The molecular weight excluding hydrogens is 194 g/mol. The third kappa shape index (κ3) is 6.73. The molecule has 0 aromatic heterocycles.